The summed E-state index contributed by atoms with van der Waals surface area (Å²) in [6, 6.07) is 9.81. The van der Waals surface area contributed by atoms with Crippen molar-refractivity contribution in [1.29, 1.82) is 0 Å². The smallest absolute Gasteiger partial charge is 0.225 e. The first kappa shape index (κ1) is 10.6. The van der Waals surface area contributed by atoms with Crippen LogP contribution in [0.4, 0.5) is 0 Å². The monoisotopic (exact) mass is 214 g/mol. The maximum Gasteiger partial charge on any atom is 0.225 e. The van der Waals surface area contributed by atoms with Gasteiger partial charge in [-0.25, -0.2) is 0 Å². The second-order valence-electron chi connectivity index (χ2n) is 2.87. The fourth-order valence-electron chi connectivity index (χ4n) is 1.12. The second kappa shape index (κ2) is 5.30. The number of thiol groups is 1. The molecule has 0 aliphatic carbocycles. The zero-order valence-electron chi connectivity index (χ0n) is 7.11. The number of hydrogen-bond donors (Lipinski definition) is 1. The maximum absolute atomic E-state index is 10.9. The van der Waals surface area contributed by atoms with Crippen molar-refractivity contribution in [3.63, 3.8) is 0 Å². The third kappa shape index (κ3) is 3.41. The Morgan fingerprint density at radius 1 is 1.38 bits per heavy atom. The predicted octanol–water partition coefficient (Wildman–Crippen LogP) is 2.54. The van der Waals surface area contributed by atoms with Gasteiger partial charge in [0.15, 0.2) is 0 Å². The summed E-state index contributed by atoms with van der Waals surface area (Å²) >= 11 is 9.49. The Bertz CT molecular complexity index is 274. The fourth-order valence-corrected chi connectivity index (χ4v) is 1.67. The van der Waals surface area contributed by atoms with E-state index < -0.39 is 0 Å². The number of hydrogen-bond acceptors (Lipinski definition) is 2. The molecule has 0 saturated heterocycles. The van der Waals surface area contributed by atoms with Crippen LogP contribution >= 0.6 is 24.2 Å². The van der Waals surface area contributed by atoms with Gasteiger partial charge < -0.3 is 0 Å². The summed E-state index contributed by atoms with van der Waals surface area (Å²) < 4.78 is 0. The van der Waals surface area contributed by atoms with E-state index in [1.165, 1.54) is 0 Å². The largest absolute Gasteiger partial charge is 0.281 e. The van der Waals surface area contributed by atoms with Crippen molar-refractivity contribution < 1.29 is 4.79 Å². The van der Waals surface area contributed by atoms with E-state index in [0.717, 1.165) is 5.56 Å². The van der Waals surface area contributed by atoms with Gasteiger partial charge in [0, 0.05) is 11.7 Å². The lowest BCUT2D eigenvalue weighted by Gasteiger charge is -2.08. The van der Waals surface area contributed by atoms with E-state index in [-0.39, 0.29) is 11.2 Å². The van der Waals surface area contributed by atoms with E-state index in [4.69, 9.17) is 11.6 Å². The topological polar surface area (TPSA) is 17.1 Å². The van der Waals surface area contributed by atoms with Crippen molar-refractivity contribution in [3.8, 4) is 0 Å². The first-order chi connectivity index (χ1) is 6.24. The lowest BCUT2D eigenvalue weighted by atomic mass is 10.0. The van der Waals surface area contributed by atoms with Crippen LogP contribution in [0, 0.1) is 5.92 Å². The summed E-state index contributed by atoms with van der Waals surface area (Å²) in [6.45, 7) is 0. The van der Waals surface area contributed by atoms with E-state index in [0.29, 0.717) is 12.2 Å². The second-order valence-corrected chi connectivity index (χ2v) is 3.61. The van der Waals surface area contributed by atoms with Crippen LogP contribution in [-0.4, -0.2) is 11.0 Å². The zero-order valence-corrected chi connectivity index (χ0v) is 8.76. The Balaban J connectivity index is 2.62. The molecule has 0 aliphatic heterocycles. The van der Waals surface area contributed by atoms with Crippen molar-refractivity contribution >= 4 is 29.5 Å². The standard InChI is InChI=1S/C10H11ClOS/c11-10(12)9(7-13)6-8-4-2-1-3-5-8/h1-5,9,13H,6-7H2. The fraction of sp³-hybridized carbons (Fsp3) is 0.300. The average molecular weight is 215 g/mol. The third-order valence-electron chi connectivity index (χ3n) is 1.87. The highest BCUT2D eigenvalue weighted by Crippen LogP contribution is 2.12. The quantitative estimate of drug-likeness (QED) is 0.602. The molecule has 3 heteroatoms. The summed E-state index contributed by atoms with van der Waals surface area (Å²) in [5, 5.41) is -0.307. The van der Waals surface area contributed by atoms with Gasteiger partial charge in [-0.05, 0) is 23.6 Å². The Labute approximate surface area is 88.5 Å². The molecular weight excluding hydrogens is 204 g/mol. The molecule has 0 radical (unpaired) electrons. The predicted molar refractivity (Wildman–Crippen MR) is 58.3 cm³/mol. The van der Waals surface area contributed by atoms with E-state index in [9.17, 15) is 4.79 Å². The highest BCUT2D eigenvalue weighted by molar-refractivity contribution is 7.80. The number of benzene rings is 1. The molecule has 13 heavy (non-hydrogen) atoms. The summed E-state index contributed by atoms with van der Waals surface area (Å²) in [6.07, 6.45) is 0.673. The molecule has 1 unspecified atom stereocenters. The van der Waals surface area contributed by atoms with Crippen molar-refractivity contribution in [1.82, 2.24) is 0 Å². The normalized spacial score (nSPS) is 12.5. The van der Waals surface area contributed by atoms with Gasteiger partial charge in [0.25, 0.3) is 0 Å². The molecule has 0 bridgehead atoms. The minimum Gasteiger partial charge on any atom is -0.281 e. The Morgan fingerprint density at radius 2 is 2.00 bits per heavy atom. The Kier molecular flexibility index (Phi) is 4.33. The summed E-state index contributed by atoms with van der Waals surface area (Å²) in [5.41, 5.74) is 1.12. The molecule has 1 atom stereocenters. The van der Waals surface area contributed by atoms with Crippen molar-refractivity contribution in [2.45, 2.75) is 6.42 Å². The summed E-state index contributed by atoms with van der Waals surface area (Å²) in [7, 11) is 0. The number of halogens is 1. The lowest BCUT2D eigenvalue weighted by Crippen LogP contribution is -2.13. The number of carbonyl (C=O) groups is 1. The average Bonchev–Trinajstić information content (AvgIpc) is 2.15. The van der Waals surface area contributed by atoms with Gasteiger partial charge in [-0.15, -0.1) is 0 Å². The van der Waals surface area contributed by atoms with Crippen LogP contribution in [0.15, 0.2) is 30.3 Å². The summed E-state index contributed by atoms with van der Waals surface area (Å²) in [4.78, 5) is 10.9. The van der Waals surface area contributed by atoms with Crippen molar-refractivity contribution in [3.05, 3.63) is 35.9 Å². The number of rotatable bonds is 4. The van der Waals surface area contributed by atoms with Crippen molar-refractivity contribution in [2.24, 2.45) is 5.92 Å². The van der Waals surface area contributed by atoms with Gasteiger partial charge in [-0.2, -0.15) is 12.6 Å². The zero-order chi connectivity index (χ0) is 9.68. The van der Waals surface area contributed by atoms with Crippen LogP contribution in [0.2, 0.25) is 0 Å². The van der Waals surface area contributed by atoms with Crippen LogP contribution in [0.5, 0.6) is 0 Å². The Morgan fingerprint density at radius 3 is 2.46 bits per heavy atom. The SMILES string of the molecule is O=C(Cl)C(CS)Cc1ccccc1. The molecule has 0 spiro atoms. The molecule has 1 rings (SSSR count). The molecule has 0 heterocycles. The highest BCUT2D eigenvalue weighted by atomic mass is 35.5. The third-order valence-corrected chi connectivity index (χ3v) is 2.62. The molecule has 0 fully saturated rings. The Hall–Kier alpha value is -0.470. The molecule has 0 N–H and O–H groups in total. The molecule has 70 valence electrons. The molecule has 0 saturated carbocycles. The molecule has 1 aromatic rings. The van der Waals surface area contributed by atoms with Gasteiger partial charge in [-0.1, -0.05) is 30.3 Å². The van der Waals surface area contributed by atoms with E-state index in [1.54, 1.807) is 0 Å². The maximum atomic E-state index is 10.9. The highest BCUT2D eigenvalue weighted by Gasteiger charge is 2.14. The van der Waals surface area contributed by atoms with Crippen LogP contribution in [-0.2, 0) is 11.2 Å². The number of carbonyl (C=O) groups excluding carboxylic acids is 1. The van der Waals surface area contributed by atoms with Gasteiger partial charge in [0.05, 0.1) is 0 Å². The molecule has 0 aromatic heterocycles. The first-order valence-corrected chi connectivity index (χ1v) is 5.09. The first-order valence-electron chi connectivity index (χ1n) is 4.08. The molecule has 1 nitrogen and oxygen atoms in total. The van der Waals surface area contributed by atoms with Crippen LogP contribution < -0.4 is 0 Å². The molecule has 0 aliphatic rings. The minimum atomic E-state index is -0.307. The molecule has 0 amide bonds. The van der Waals surface area contributed by atoms with Gasteiger partial charge in [0.1, 0.15) is 0 Å². The van der Waals surface area contributed by atoms with Crippen LogP contribution in [0.25, 0.3) is 0 Å². The summed E-state index contributed by atoms with van der Waals surface area (Å²) in [5.74, 6) is 0.324. The van der Waals surface area contributed by atoms with Gasteiger partial charge in [0.2, 0.25) is 5.24 Å². The van der Waals surface area contributed by atoms with E-state index in [1.807, 2.05) is 30.3 Å². The van der Waals surface area contributed by atoms with Gasteiger partial charge >= 0.3 is 0 Å². The van der Waals surface area contributed by atoms with Gasteiger partial charge in [-0.3, -0.25) is 4.79 Å². The minimum absolute atomic E-state index is 0.174. The molecule has 1 aromatic carbocycles. The molecular formula is C10H11ClOS. The van der Waals surface area contributed by atoms with Crippen LogP contribution in [0.3, 0.4) is 0 Å². The lowest BCUT2D eigenvalue weighted by molar-refractivity contribution is -0.114. The van der Waals surface area contributed by atoms with Crippen molar-refractivity contribution in [2.75, 3.05) is 5.75 Å². The van der Waals surface area contributed by atoms with E-state index in [2.05, 4.69) is 12.6 Å². The van der Waals surface area contributed by atoms with E-state index >= 15 is 0 Å². The van der Waals surface area contributed by atoms with Crippen LogP contribution in [0.1, 0.15) is 5.56 Å².